The van der Waals surface area contributed by atoms with Gasteiger partial charge in [0.25, 0.3) is 5.69 Å². The molecule has 0 aliphatic carbocycles. The van der Waals surface area contributed by atoms with Gasteiger partial charge in [-0.15, -0.1) is 0 Å². The van der Waals surface area contributed by atoms with Gasteiger partial charge in [0, 0.05) is 24.4 Å². The van der Waals surface area contributed by atoms with Gasteiger partial charge in [0.1, 0.15) is 0 Å². The van der Waals surface area contributed by atoms with Crippen LogP contribution in [0.5, 0.6) is 0 Å². The summed E-state index contributed by atoms with van der Waals surface area (Å²) < 4.78 is 0. The summed E-state index contributed by atoms with van der Waals surface area (Å²) in [6.07, 6.45) is 2.24. The molecule has 1 aromatic carbocycles. The topological polar surface area (TPSA) is 96.5 Å². The summed E-state index contributed by atoms with van der Waals surface area (Å²) in [5.74, 6) is 5.36. The minimum Gasteiger partial charge on any atom is -0.384 e. The van der Waals surface area contributed by atoms with Crippen LogP contribution in [-0.2, 0) is 0 Å². The van der Waals surface area contributed by atoms with Crippen molar-refractivity contribution in [2.24, 2.45) is 11.3 Å². The standard InChI is InChI=1S/C14H23N5O2/c1-14(3-5-18(2)6-4-14)10-16-11-7-12(17-15)9-13(8-11)19(20)21/h7-9,16-17H,3-6,10,15H2,1-2H3. The maximum atomic E-state index is 10.9. The van der Waals surface area contributed by atoms with Crippen molar-refractivity contribution in [3.05, 3.63) is 28.3 Å². The highest BCUT2D eigenvalue weighted by Gasteiger charge is 2.28. The van der Waals surface area contributed by atoms with Gasteiger partial charge >= 0.3 is 0 Å². The molecule has 0 amide bonds. The van der Waals surface area contributed by atoms with Crippen molar-refractivity contribution in [1.82, 2.24) is 4.90 Å². The fraction of sp³-hybridized carbons (Fsp3) is 0.571. The number of nitro groups is 1. The summed E-state index contributed by atoms with van der Waals surface area (Å²) in [5, 5.41) is 14.3. The molecule has 1 aliphatic rings. The van der Waals surface area contributed by atoms with Gasteiger partial charge in [-0.1, -0.05) is 6.92 Å². The molecule has 0 radical (unpaired) electrons. The molecule has 0 bridgehead atoms. The molecule has 21 heavy (non-hydrogen) atoms. The number of nitrogens with two attached hydrogens (primary N) is 1. The molecule has 0 saturated carbocycles. The highest BCUT2D eigenvalue weighted by molar-refractivity contribution is 5.63. The van der Waals surface area contributed by atoms with E-state index >= 15 is 0 Å². The Bertz CT molecular complexity index is 512. The number of nitrogen functional groups attached to an aromatic ring is 1. The van der Waals surface area contributed by atoms with E-state index in [-0.39, 0.29) is 11.1 Å². The zero-order chi connectivity index (χ0) is 15.5. The molecule has 7 nitrogen and oxygen atoms in total. The van der Waals surface area contributed by atoms with E-state index in [1.165, 1.54) is 6.07 Å². The van der Waals surface area contributed by atoms with Crippen molar-refractivity contribution in [2.75, 3.05) is 37.4 Å². The van der Waals surface area contributed by atoms with Crippen LogP contribution in [0.2, 0.25) is 0 Å². The number of nitrogens with zero attached hydrogens (tertiary/aromatic N) is 2. The van der Waals surface area contributed by atoms with Crippen LogP contribution in [0.15, 0.2) is 18.2 Å². The second-order valence-corrected chi connectivity index (χ2v) is 6.14. The first kappa shape index (κ1) is 15.5. The maximum Gasteiger partial charge on any atom is 0.273 e. The molecule has 0 atom stereocenters. The first-order valence-electron chi connectivity index (χ1n) is 7.10. The van der Waals surface area contributed by atoms with Crippen LogP contribution in [0.4, 0.5) is 17.1 Å². The molecule has 1 heterocycles. The van der Waals surface area contributed by atoms with Gasteiger partial charge in [-0.25, -0.2) is 0 Å². The van der Waals surface area contributed by atoms with Crippen LogP contribution in [0, 0.1) is 15.5 Å². The first-order valence-corrected chi connectivity index (χ1v) is 7.10. The lowest BCUT2D eigenvalue weighted by Crippen LogP contribution is -2.40. The van der Waals surface area contributed by atoms with Crippen LogP contribution in [-0.4, -0.2) is 36.5 Å². The number of likely N-dealkylation sites (tertiary alicyclic amines) is 1. The zero-order valence-electron chi connectivity index (χ0n) is 12.6. The number of non-ortho nitro benzene ring substituents is 1. The lowest BCUT2D eigenvalue weighted by molar-refractivity contribution is -0.384. The number of benzene rings is 1. The van der Waals surface area contributed by atoms with Crippen LogP contribution < -0.4 is 16.6 Å². The van der Waals surface area contributed by atoms with Gasteiger partial charge in [-0.3, -0.25) is 16.0 Å². The minimum atomic E-state index is -0.413. The molecule has 1 aromatic rings. The molecule has 4 N–H and O–H groups in total. The lowest BCUT2D eigenvalue weighted by atomic mass is 9.80. The molecule has 1 saturated heterocycles. The summed E-state index contributed by atoms with van der Waals surface area (Å²) in [6, 6.07) is 4.74. The predicted molar refractivity (Wildman–Crippen MR) is 84.2 cm³/mol. The Morgan fingerprint density at radius 2 is 1.95 bits per heavy atom. The van der Waals surface area contributed by atoms with E-state index in [4.69, 9.17) is 5.84 Å². The fourth-order valence-electron chi connectivity index (χ4n) is 2.55. The van der Waals surface area contributed by atoms with E-state index in [9.17, 15) is 10.1 Å². The van der Waals surface area contributed by atoms with Crippen molar-refractivity contribution >= 4 is 17.1 Å². The second kappa shape index (κ2) is 6.28. The van der Waals surface area contributed by atoms with Gasteiger partial charge in [-0.2, -0.15) is 0 Å². The quantitative estimate of drug-likeness (QED) is 0.436. The number of hydrazine groups is 1. The number of hydrogen-bond donors (Lipinski definition) is 3. The summed E-state index contributed by atoms with van der Waals surface area (Å²) in [5.41, 5.74) is 3.96. The normalized spacial score (nSPS) is 18.2. The highest BCUT2D eigenvalue weighted by Crippen LogP contribution is 2.31. The zero-order valence-corrected chi connectivity index (χ0v) is 12.6. The summed E-state index contributed by atoms with van der Waals surface area (Å²) in [4.78, 5) is 12.8. The van der Waals surface area contributed by atoms with Gasteiger partial charge in [0.15, 0.2) is 0 Å². The van der Waals surface area contributed by atoms with Crippen molar-refractivity contribution in [2.45, 2.75) is 19.8 Å². The number of rotatable bonds is 5. The van der Waals surface area contributed by atoms with Crippen LogP contribution in [0.1, 0.15) is 19.8 Å². The smallest absolute Gasteiger partial charge is 0.273 e. The van der Waals surface area contributed by atoms with E-state index in [1.54, 1.807) is 12.1 Å². The Hall–Kier alpha value is -1.86. The Morgan fingerprint density at radius 1 is 1.33 bits per heavy atom. The summed E-state index contributed by atoms with van der Waals surface area (Å²) in [7, 11) is 2.13. The van der Waals surface area contributed by atoms with Crippen molar-refractivity contribution in [3.63, 3.8) is 0 Å². The molecule has 0 spiro atoms. The Morgan fingerprint density at radius 3 is 2.52 bits per heavy atom. The second-order valence-electron chi connectivity index (χ2n) is 6.14. The molecule has 1 fully saturated rings. The van der Waals surface area contributed by atoms with Crippen molar-refractivity contribution in [3.8, 4) is 0 Å². The molecule has 1 aliphatic heterocycles. The molecular weight excluding hydrogens is 270 g/mol. The SMILES string of the molecule is CN1CCC(C)(CNc2cc(NN)cc([N+](=O)[O-])c2)CC1. The lowest BCUT2D eigenvalue weighted by Gasteiger charge is -2.38. The van der Waals surface area contributed by atoms with E-state index in [2.05, 4.69) is 29.6 Å². The molecule has 7 heteroatoms. The molecule has 0 aromatic heterocycles. The van der Waals surface area contributed by atoms with Crippen molar-refractivity contribution < 1.29 is 4.92 Å². The van der Waals surface area contributed by atoms with Gasteiger partial charge in [-0.05, 0) is 44.5 Å². The number of nitrogens with one attached hydrogen (secondary N) is 2. The third kappa shape index (κ3) is 4.05. The van der Waals surface area contributed by atoms with E-state index in [0.29, 0.717) is 5.69 Å². The van der Waals surface area contributed by atoms with Crippen LogP contribution >= 0.6 is 0 Å². The minimum absolute atomic E-state index is 0.0291. The summed E-state index contributed by atoms with van der Waals surface area (Å²) in [6.45, 7) is 5.23. The van der Waals surface area contributed by atoms with Crippen molar-refractivity contribution in [1.29, 1.82) is 0 Å². The molecular formula is C14H23N5O2. The molecule has 116 valence electrons. The molecule has 2 rings (SSSR count). The van der Waals surface area contributed by atoms with E-state index < -0.39 is 4.92 Å². The van der Waals surface area contributed by atoms with Crippen LogP contribution in [0.25, 0.3) is 0 Å². The fourth-order valence-corrected chi connectivity index (χ4v) is 2.55. The number of hydrogen-bond acceptors (Lipinski definition) is 6. The van der Waals surface area contributed by atoms with E-state index in [0.717, 1.165) is 38.2 Å². The number of nitro benzene ring substituents is 1. The largest absolute Gasteiger partial charge is 0.384 e. The Labute approximate surface area is 124 Å². The third-order valence-electron chi connectivity index (χ3n) is 4.21. The average molecular weight is 293 g/mol. The average Bonchev–Trinajstić information content (AvgIpc) is 2.48. The highest BCUT2D eigenvalue weighted by atomic mass is 16.6. The Kier molecular flexibility index (Phi) is 4.64. The Balaban J connectivity index is 2.05. The summed E-state index contributed by atoms with van der Waals surface area (Å²) >= 11 is 0. The van der Waals surface area contributed by atoms with Gasteiger partial charge in [0.2, 0.25) is 0 Å². The van der Waals surface area contributed by atoms with Crippen LogP contribution in [0.3, 0.4) is 0 Å². The van der Waals surface area contributed by atoms with E-state index in [1.807, 2.05) is 0 Å². The molecule has 0 unspecified atom stereocenters. The predicted octanol–water partition coefficient (Wildman–Crippen LogP) is 2.02. The number of anilines is 2. The maximum absolute atomic E-state index is 10.9. The van der Waals surface area contributed by atoms with Gasteiger partial charge < -0.3 is 15.6 Å². The monoisotopic (exact) mass is 293 g/mol. The third-order valence-corrected chi connectivity index (χ3v) is 4.21. The van der Waals surface area contributed by atoms with Gasteiger partial charge in [0.05, 0.1) is 10.6 Å². The first-order chi connectivity index (χ1) is 9.92. The number of piperidine rings is 1.